The number of anilines is 1. The highest BCUT2D eigenvalue weighted by Crippen LogP contribution is 2.55. The maximum absolute atomic E-state index is 10.5. The summed E-state index contributed by atoms with van der Waals surface area (Å²) in [5, 5.41) is 23.7. The van der Waals surface area contributed by atoms with Gasteiger partial charge in [0.25, 0.3) is 0 Å². The summed E-state index contributed by atoms with van der Waals surface area (Å²) in [6.07, 6.45) is 8.70. The van der Waals surface area contributed by atoms with Crippen LogP contribution < -0.4 is 10.2 Å². The molecular weight excluding hydrogens is 378 g/mol. The van der Waals surface area contributed by atoms with Gasteiger partial charge in [0, 0.05) is 47.8 Å². The number of phenols is 1. The summed E-state index contributed by atoms with van der Waals surface area (Å²) in [6, 6.07) is 6.10. The fraction of sp³-hybridized carbons (Fsp3) is 0.522. The first-order chi connectivity index (χ1) is 14.5. The van der Waals surface area contributed by atoms with Gasteiger partial charge in [-0.25, -0.2) is 4.98 Å². The van der Waals surface area contributed by atoms with E-state index in [2.05, 4.69) is 31.5 Å². The number of hydrogen-bond donors (Lipinski definition) is 2. The molecule has 4 heterocycles. The zero-order valence-electron chi connectivity index (χ0n) is 17.1. The van der Waals surface area contributed by atoms with Crippen LogP contribution in [0, 0.1) is 6.92 Å². The van der Waals surface area contributed by atoms with Crippen LogP contribution in [0.15, 0.2) is 22.6 Å². The van der Waals surface area contributed by atoms with E-state index >= 15 is 0 Å². The molecule has 1 saturated heterocycles. The molecule has 30 heavy (non-hydrogen) atoms. The number of hydrogen-bond acceptors (Lipinski definition) is 7. The number of aromatic nitrogens is 3. The highest BCUT2D eigenvalue weighted by atomic mass is 16.3. The first kappa shape index (κ1) is 17.1. The Balaban J connectivity index is 1.22. The summed E-state index contributed by atoms with van der Waals surface area (Å²) in [6.45, 7) is 2.81. The molecule has 2 aliphatic carbocycles. The fourth-order valence-corrected chi connectivity index (χ4v) is 5.79. The molecule has 2 aromatic heterocycles. The third-order valence-corrected chi connectivity index (χ3v) is 7.56. The summed E-state index contributed by atoms with van der Waals surface area (Å²) < 4.78 is 5.64. The minimum Gasteiger partial charge on any atom is -0.507 e. The van der Waals surface area contributed by atoms with Crippen molar-refractivity contribution in [2.45, 2.75) is 69.0 Å². The van der Waals surface area contributed by atoms with E-state index in [1.807, 2.05) is 6.07 Å². The molecule has 0 radical (unpaired) electrons. The summed E-state index contributed by atoms with van der Waals surface area (Å²) in [4.78, 5) is 6.80. The van der Waals surface area contributed by atoms with Gasteiger partial charge in [-0.05, 0) is 57.1 Å². The summed E-state index contributed by atoms with van der Waals surface area (Å²) >= 11 is 0. The number of nitrogens with one attached hydrogen (secondary N) is 1. The van der Waals surface area contributed by atoms with Crippen molar-refractivity contribution in [1.29, 1.82) is 0 Å². The smallest absolute Gasteiger partial charge is 0.192 e. The Kier molecular flexibility index (Phi) is 3.14. The number of piperidine rings is 1. The van der Waals surface area contributed by atoms with Crippen LogP contribution in [0.5, 0.6) is 5.75 Å². The summed E-state index contributed by atoms with van der Waals surface area (Å²) in [5.41, 5.74) is 4.65. The molecule has 7 heteroatoms. The number of oxazole rings is 1. The zero-order chi connectivity index (χ0) is 20.1. The van der Waals surface area contributed by atoms with Crippen LogP contribution in [0.2, 0.25) is 0 Å². The van der Waals surface area contributed by atoms with Crippen LogP contribution in [0.25, 0.3) is 22.4 Å². The molecule has 7 nitrogen and oxygen atoms in total. The number of rotatable bonds is 2. The number of aryl methyl sites for hydroxylation is 1. The molecule has 154 valence electrons. The maximum Gasteiger partial charge on any atom is 0.192 e. The normalized spacial score (nSPS) is 25.2. The van der Waals surface area contributed by atoms with Crippen LogP contribution >= 0.6 is 0 Å². The van der Waals surface area contributed by atoms with Gasteiger partial charge < -0.3 is 19.7 Å². The van der Waals surface area contributed by atoms with E-state index in [9.17, 15) is 5.11 Å². The van der Waals surface area contributed by atoms with Crippen molar-refractivity contribution in [2.75, 3.05) is 11.4 Å². The van der Waals surface area contributed by atoms with Gasteiger partial charge in [-0.3, -0.25) is 0 Å². The van der Waals surface area contributed by atoms with Gasteiger partial charge in [0.05, 0.1) is 5.69 Å². The van der Waals surface area contributed by atoms with Gasteiger partial charge in [0.1, 0.15) is 11.3 Å². The van der Waals surface area contributed by atoms with Crippen molar-refractivity contribution < 1.29 is 9.52 Å². The molecule has 4 aliphatic rings. The fourth-order valence-electron chi connectivity index (χ4n) is 5.79. The first-order valence-electron chi connectivity index (χ1n) is 11.0. The van der Waals surface area contributed by atoms with Gasteiger partial charge in [-0.1, -0.05) is 0 Å². The third kappa shape index (κ3) is 2.51. The highest BCUT2D eigenvalue weighted by molar-refractivity contribution is 5.84. The Morgan fingerprint density at radius 1 is 1.10 bits per heavy atom. The van der Waals surface area contributed by atoms with Crippen molar-refractivity contribution in [3.05, 3.63) is 29.7 Å². The Morgan fingerprint density at radius 3 is 2.60 bits per heavy atom. The van der Waals surface area contributed by atoms with Crippen LogP contribution in [-0.4, -0.2) is 44.0 Å². The van der Waals surface area contributed by atoms with Crippen molar-refractivity contribution in [1.82, 2.24) is 20.5 Å². The quantitative estimate of drug-likeness (QED) is 0.677. The van der Waals surface area contributed by atoms with E-state index in [0.717, 1.165) is 18.8 Å². The Morgan fingerprint density at radius 2 is 1.87 bits per heavy atom. The van der Waals surface area contributed by atoms with Gasteiger partial charge in [0.15, 0.2) is 17.3 Å². The van der Waals surface area contributed by atoms with Crippen molar-refractivity contribution in [3.8, 4) is 17.0 Å². The van der Waals surface area contributed by atoms with E-state index in [1.165, 1.54) is 44.1 Å². The van der Waals surface area contributed by atoms with Gasteiger partial charge in [0.2, 0.25) is 0 Å². The van der Waals surface area contributed by atoms with E-state index in [0.29, 0.717) is 45.4 Å². The predicted molar refractivity (Wildman–Crippen MR) is 113 cm³/mol. The molecular formula is C23H25N5O2. The highest BCUT2D eigenvalue weighted by Gasteiger charge is 2.59. The van der Waals surface area contributed by atoms with Crippen LogP contribution in [0.4, 0.5) is 5.82 Å². The molecule has 2 N–H and O–H groups in total. The number of nitrogens with zero attached hydrogens (tertiary/aromatic N) is 4. The second kappa shape index (κ2) is 5.52. The minimum atomic E-state index is 0.157. The average molecular weight is 403 g/mol. The number of fused-ring (bicyclic) bond motifs is 2. The largest absolute Gasteiger partial charge is 0.507 e. The lowest BCUT2D eigenvalue weighted by molar-refractivity contribution is 0.252. The lowest BCUT2D eigenvalue weighted by Crippen LogP contribution is -2.55. The molecule has 1 aromatic carbocycles. The standard InChI is InChI=1S/C23H25N5O2/c1-13-24-18-10-19(29)16(9-20(18)30-13)17-8-14-2-7-28(21(14)26-25-17)15-11-22(3-4-22)27-23(12-15)5-6-23/h8-10,15,27,29H,2-7,11-12H2,1H3. The number of phenolic OH excluding ortho intramolecular Hbond substituents is 1. The predicted octanol–water partition coefficient (Wildman–Crippen LogP) is 3.48. The molecule has 3 aromatic rings. The van der Waals surface area contributed by atoms with Crippen LogP contribution in [0.1, 0.15) is 50.0 Å². The molecule has 0 atom stereocenters. The van der Waals surface area contributed by atoms with E-state index < -0.39 is 0 Å². The molecule has 3 fully saturated rings. The molecule has 2 saturated carbocycles. The van der Waals surface area contributed by atoms with Crippen molar-refractivity contribution >= 4 is 16.9 Å². The monoisotopic (exact) mass is 403 g/mol. The van der Waals surface area contributed by atoms with Crippen LogP contribution in [-0.2, 0) is 6.42 Å². The second-order valence-electron chi connectivity index (χ2n) is 9.84. The summed E-state index contributed by atoms with van der Waals surface area (Å²) in [7, 11) is 0. The topological polar surface area (TPSA) is 87.3 Å². The van der Waals surface area contributed by atoms with Gasteiger partial charge >= 0.3 is 0 Å². The zero-order valence-corrected chi connectivity index (χ0v) is 17.1. The van der Waals surface area contributed by atoms with Gasteiger partial charge in [-0.2, -0.15) is 0 Å². The number of aromatic hydroxyl groups is 1. The maximum atomic E-state index is 10.5. The Bertz CT molecular complexity index is 1170. The SMILES string of the molecule is Cc1nc2cc(O)c(-c3cc4c(nn3)N(C3CC5(CC5)NC5(CC5)C3)CC4)cc2o1. The molecule has 0 unspecified atom stereocenters. The molecule has 2 spiro atoms. The van der Waals surface area contributed by atoms with E-state index in [-0.39, 0.29) is 5.75 Å². The Labute approximate surface area is 174 Å². The molecule has 0 amide bonds. The van der Waals surface area contributed by atoms with Crippen molar-refractivity contribution in [2.24, 2.45) is 0 Å². The molecule has 0 bridgehead atoms. The third-order valence-electron chi connectivity index (χ3n) is 7.56. The Hall–Kier alpha value is -2.67. The summed E-state index contributed by atoms with van der Waals surface area (Å²) in [5.74, 6) is 1.78. The number of benzene rings is 1. The first-order valence-corrected chi connectivity index (χ1v) is 11.0. The average Bonchev–Trinajstić information content (AvgIpc) is 3.54. The molecule has 7 rings (SSSR count). The lowest BCUT2D eigenvalue weighted by atomic mass is 9.89. The molecule has 2 aliphatic heterocycles. The van der Waals surface area contributed by atoms with E-state index in [4.69, 9.17) is 4.42 Å². The van der Waals surface area contributed by atoms with E-state index in [1.54, 1.807) is 13.0 Å². The second-order valence-corrected chi connectivity index (χ2v) is 9.84. The lowest BCUT2D eigenvalue weighted by Gasteiger charge is -2.42. The van der Waals surface area contributed by atoms with Crippen LogP contribution in [0.3, 0.4) is 0 Å². The van der Waals surface area contributed by atoms with Gasteiger partial charge in [-0.15, -0.1) is 10.2 Å². The van der Waals surface area contributed by atoms with Crippen molar-refractivity contribution in [3.63, 3.8) is 0 Å². The minimum absolute atomic E-state index is 0.157.